The van der Waals surface area contributed by atoms with Crippen LogP contribution < -0.4 is 15.4 Å². The van der Waals surface area contributed by atoms with Crippen molar-refractivity contribution in [3.8, 4) is 5.75 Å². The van der Waals surface area contributed by atoms with Gasteiger partial charge in [-0.15, -0.1) is 11.3 Å². The zero-order valence-electron chi connectivity index (χ0n) is 13.5. The minimum absolute atomic E-state index is 0.677. The maximum Gasteiger partial charge on any atom is 0.121 e. The van der Waals surface area contributed by atoms with Crippen molar-refractivity contribution >= 4 is 17.0 Å². The first-order chi connectivity index (χ1) is 10.7. The van der Waals surface area contributed by atoms with Crippen molar-refractivity contribution in [3.05, 3.63) is 46.7 Å². The van der Waals surface area contributed by atoms with E-state index in [0.29, 0.717) is 5.92 Å². The summed E-state index contributed by atoms with van der Waals surface area (Å²) >= 11 is 1.79. The molecule has 0 saturated heterocycles. The van der Waals surface area contributed by atoms with Crippen molar-refractivity contribution in [1.29, 1.82) is 0 Å². The number of nitrogens with one attached hydrogen (secondary N) is 2. The van der Waals surface area contributed by atoms with Crippen LogP contribution in [-0.4, -0.2) is 19.7 Å². The lowest BCUT2D eigenvalue weighted by molar-refractivity contribution is 0.289. The van der Waals surface area contributed by atoms with Crippen LogP contribution in [0, 0.1) is 5.92 Å². The number of thiophene rings is 1. The van der Waals surface area contributed by atoms with Crippen molar-refractivity contribution in [3.63, 3.8) is 0 Å². The Morgan fingerprint density at radius 2 is 2.05 bits per heavy atom. The Labute approximate surface area is 137 Å². The molecule has 1 aromatic carbocycles. The molecule has 0 aliphatic carbocycles. The number of hydrogen-bond acceptors (Lipinski definition) is 4. The molecule has 0 unspecified atom stereocenters. The van der Waals surface area contributed by atoms with Gasteiger partial charge in [-0.3, -0.25) is 0 Å². The van der Waals surface area contributed by atoms with Gasteiger partial charge in [-0.25, -0.2) is 0 Å². The van der Waals surface area contributed by atoms with Crippen molar-refractivity contribution < 1.29 is 4.74 Å². The summed E-state index contributed by atoms with van der Waals surface area (Å²) in [6.45, 7) is 7.99. The number of hydrogen-bond donors (Lipinski definition) is 2. The second-order valence-corrected chi connectivity index (χ2v) is 6.77. The third-order valence-electron chi connectivity index (χ3n) is 3.31. The fourth-order valence-electron chi connectivity index (χ4n) is 2.03. The molecule has 0 aliphatic rings. The Morgan fingerprint density at radius 1 is 1.14 bits per heavy atom. The predicted octanol–water partition coefficient (Wildman–Crippen LogP) is 4.37. The van der Waals surface area contributed by atoms with Crippen LogP contribution >= 0.6 is 11.3 Å². The van der Waals surface area contributed by atoms with Crippen LogP contribution in [0.5, 0.6) is 5.75 Å². The Balaban J connectivity index is 1.64. The van der Waals surface area contributed by atoms with Crippen molar-refractivity contribution in [2.75, 3.05) is 25.0 Å². The molecule has 0 atom stereocenters. The molecule has 1 aromatic heterocycles. The molecule has 0 fully saturated rings. The molecule has 0 radical (unpaired) electrons. The van der Waals surface area contributed by atoms with Gasteiger partial charge in [0.1, 0.15) is 5.75 Å². The topological polar surface area (TPSA) is 33.3 Å². The summed E-state index contributed by atoms with van der Waals surface area (Å²) in [6, 6.07) is 12.4. The van der Waals surface area contributed by atoms with Crippen LogP contribution in [-0.2, 0) is 6.54 Å². The number of anilines is 1. The van der Waals surface area contributed by atoms with Crippen LogP contribution in [0.15, 0.2) is 41.8 Å². The highest BCUT2D eigenvalue weighted by Gasteiger charge is 1.99. The van der Waals surface area contributed by atoms with Gasteiger partial charge in [-0.05, 0) is 35.9 Å². The number of rotatable bonds is 10. The highest BCUT2D eigenvalue weighted by atomic mass is 32.1. The van der Waals surface area contributed by atoms with Crippen LogP contribution in [0.1, 0.15) is 25.1 Å². The van der Waals surface area contributed by atoms with E-state index in [9.17, 15) is 0 Å². The SMILES string of the molecule is CC(C)CCOc1cccc(NCCNCc2cccs2)c1. The van der Waals surface area contributed by atoms with E-state index in [1.165, 1.54) is 4.88 Å². The molecular weight excluding hydrogens is 292 g/mol. The smallest absolute Gasteiger partial charge is 0.121 e. The first-order valence-corrected chi connectivity index (χ1v) is 8.82. The van der Waals surface area contributed by atoms with Gasteiger partial charge in [-0.1, -0.05) is 26.0 Å². The van der Waals surface area contributed by atoms with Gasteiger partial charge >= 0.3 is 0 Å². The van der Waals surface area contributed by atoms with Crippen LogP contribution in [0.25, 0.3) is 0 Å². The highest BCUT2D eigenvalue weighted by Crippen LogP contribution is 2.17. The molecule has 0 saturated carbocycles. The first kappa shape index (κ1) is 16.8. The van der Waals surface area contributed by atoms with E-state index in [1.807, 2.05) is 12.1 Å². The highest BCUT2D eigenvalue weighted by molar-refractivity contribution is 7.09. The second-order valence-electron chi connectivity index (χ2n) is 5.74. The number of benzene rings is 1. The summed E-state index contributed by atoms with van der Waals surface area (Å²) in [6.07, 6.45) is 1.09. The fraction of sp³-hybridized carbons (Fsp3) is 0.444. The average molecular weight is 318 g/mol. The van der Waals surface area contributed by atoms with E-state index in [2.05, 4.69) is 54.1 Å². The van der Waals surface area contributed by atoms with E-state index in [0.717, 1.165) is 44.1 Å². The molecule has 0 aliphatic heterocycles. The first-order valence-electron chi connectivity index (χ1n) is 7.94. The molecule has 120 valence electrons. The Morgan fingerprint density at radius 3 is 2.82 bits per heavy atom. The second kappa shape index (κ2) is 9.49. The Kier molecular flexibility index (Phi) is 7.26. The summed E-state index contributed by atoms with van der Waals surface area (Å²) in [5, 5.41) is 8.97. The predicted molar refractivity (Wildman–Crippen MR) is 95.9 cm³/mol. The van der Waals surface area contributed by atoms with Gasteiger partial charge in [-0.2, -0.15) is 0 Å². The van der Waals surface area contributed by atoms with Gasteiger partial charge < -0.3 is 15.4 Å². The lowest BCUT2D eigenvalue weighted by Crippen LogP contribution is -2.21. The standard InChI is InChI=1S/C18H26N2OS/c1-15(2)8-11-21-17-6-3-5-16(13-17)20-10-9-19-14-18-7-4-12-22-18/h3-7,12-13,15,19-20H,8-11,14H2,1-2H3. The summed E-state index contributed by atoms with van der Waals surface area (Å²) in [5.74, 6) is 1.62. The molecule has 0 amide bonds. The van der Waals surface area contributed by atoms with Gasteiger partial charge in [0.2, 0.25) is 0 Å². The van der Waals surface area contributed by atoms with E-state index in [1.54, 1.807) is 11.3 Å². The molecule has 0 bridgehead atoms. The third kappa shape index (κ3) is 6.50. The van der Waals surface area contributed by atoms with Gasteiger partial charge in [0.25, 0.3) is 0 Å². The monoisotopic (exact) mass is 318 g/mol. The molecular formula is C18H26N2OS. The molecule has 2 aromatic rings. The fourth-order valence-corrected chi connectivity index (χ4v) is 2.70. The van der Waals surface area contributed by atoms with E-state index in [4.69, 9.17) is 4.74 Å². The normalized spacial score (nSPS) is 10.9. The van der Waals surface area contributed by atoms with Gasteiger partial charge in [0.15, 0.2) is 0 Å². The molecule has 22 heavy (non-hydrogen) atoms. The Hall–Kier alpha value is -1.52. The average Bonchev–Trinajstić information content (AvgIpc) is 3.00. The lowest BCUT2D eigenvalue weighted by atomic mass is 10.1. The minimum atomic E-state index is 0.677. The van der Waals surface area contributed by atoms with Crippen LogP contribution in [0.4, 0.5) is 5.69 Å². The third-order valence-corrected chi connectivity index (χ3v) is 4.18. The lowest BCUT2D eigenvalue weighted by Gasteiger charge is -2.11. The summed E-state index contributed by atoms with van der Waals surface area (Å²) in [5.41, 5.74) is 1.11. The number of ether oxygens (including phenoxy) is 1. The van der Waals surface area contributed by atoms with E-state index in [-0.39, 0.29) is 0 Å². The van der Waals surface area contributed by atoms with E-state index >= 15 is 0 Å². The van der Waals surface area contributed by atoms with Crippen molar-refractivity contribution in [2.24, 2.45) is 5.92 Å². The molecule has 0 spiro atoms. The van der Waals surface area contributed by atoms with Gasteiger partial charge in [0.05, 0.1) is 6.61 Å². The van der Waals surface area contributed by atoms with Crippen molar-refractivity contribution in [2.45, 2.75) is 26.8 Å². The van der Waals surface area contributed by atoms with E-state index < -0.39 is 0 Å². The van der Waals surface area contributed by atoms with Gasteiger partial charge in [0, 0.05) is 36.3 Å². The van der Waals surface area contributed by atoms with Crippen molar-refractivity contribution in [1.82, 2.24) is 5.32 Å². The quantitative estimate of drug-likeness (QED) is 0.638. The maximum atomic E-state index is 5.78. The maximum absolute atomic E-state index is 5.78. The molecule has 3 nitrogen and oxygen atoms in total. The summed E-state index contributed by atoms with van der Waals surface area (Å²) < 4.78 is 5.78. The molecule has 1 heterocycles. The summed E-state index contributed by atoms with van der Waals surface area (Å²) in [7, 11) is 0. The molecule has 2 N–H and O–H groups in total. The summed E-state index contributed by atoms with van der Waals surface area (Å²) in [4.78, 5) is 1.38. The zero-order valence-corrected chi connectivity index (χ0v) is 14.3. The molecule has 2 rings (SSSR count). The van der Waals surface area contributed by atoms with Crippen LogP contribution in [0.2, 0.25) is 0 Å². The van der Waals surface area contributed by atoms with Crippen LogP contribution in [0.3, 0.4) is 0 Å². The zero-order chi connectivity index (χ0) is 15.6. The minimum Gasteiger partial charge on any atom is -0.494 e. The molecule has 4 heteroatoms. The Bertz CT molecular complexity index is 526. The largest absolute Gasteiger partial charge is 0.494 e.